The highest BCUT2D eigenvalue weighted by Crippen LogP contribution is 2.57. The van der Waals surface area contributed by atoms with Gasteiger partial charge < -0.3 is 30.6 Å². The number of imidazole rings is 2. The van der Waals surface area contributed by atoms with E-state index in [-0.39, 0.29) is 40.3 Å². The first-order valence-electron chi connectivity index (χ1n) is 14.6. The van der Waals surface area contributed by atoms with E-state index in [1.807, 2.05) is 0 Å². The summed E-state index contributed by atoms with van der Waals surface area (Å²) in [6, 6.07) is 0. The predicted molar refractivity (Wildman–Crippen MR) is 160 cm³/mol. The Hall–Kier alpha value is -3.43. The number of alkyl halides is 1. The molecule has 0 saturated carbocycles. The van der Waals surface area contributed by atoms with Gasteiger partial charge in [-0.15, -0.1) is 0 Å². The normalized spacial score (nSPS) is 36.1. The third kappa shape index (κ3) is 5.70. The molecule has 0 amide bonds. The molecular formula is C24H31FN10O11P2. The van der Waals surface area contributed by atoms with Gasteiger partial charge in [0.1, 0.15) is 42.4 Å². The van der Waals surface area contributed by atoms with Crippen LogP contribution in [0.25, 0.3) is 22.3 Å². The number of aliphatic hydroxyl groups excluding tert-OH is 1. The largest absolute Gasteiger partial charge is 0.475 e. The Morgan fingerprint density at radius 1 is 1.00 bits per heavy atom. The molecule has 9 unspecified atom stereocenters. The first-order chi connectivity index (χ1) is 22.9. The smallest absolute Gasteiger partial charge is 0.387 e. The lowest BCUT2D eigenvalue weighted by Gasteiger charge is -2.28. The number of nitrogens with two attached hydrogens (primary N) is 2. The number of aliphatic hydroxyl groups is 1. The van der Waals surface area contributed by atoms with E-state index >= 15 is 4.39 Å². The maximum absolute atomic E-state index is 16.3. The van der Waals surface area contributed by atoms with Gasteiger partial charge in [-0.3, -0.25) is 41.6 Å². The molecular weight excluding hydrogens is 685 g/mol. The van der Waals surface area contributed by atoms with Crippen molar-refractivity contribution in [2.24, 2.45) is 0 Å². The number of phosphoric ester groups is 1. The highest BCUT2D eigenvalue weighted by molar-refractivity contribution is 7.53. The van der Waals surface area contributed by atoms with Gasteiger partial charge in [0.05, 0.1) is 25.9 Å². The lowest BCUT2D eigenvalue weighted by atomic mass is 10.1. The van der Waals surface area contributed by atoms with Crippen LogP contribution in [-0.2, 0) is 41.2 Å². The van der Waals surface area contributed by atoms with Crippen molar-refractivity contribution < 1.29 is 50.7 Å². The van der Waals surface area contributed by atoms with Crippen molar-refractivity contribution in [2.45, 2.75) is 62.5 Å². The summed E-state index contributed by atoms with van der Waals surface area (Å²) in [5.74, 6) is -0.169. The summed E-state index contributed by atoms with van der Waals surface area (Å²) >= 11 is 0. The molecule has 3 aliphatic rings. The van der Waals surface area contributed by atoms with E-state index in [1.54, 1.807) is 6.92 Å². The van der Waals surface area contributed by atoms with Crippen LogP contribution in [0.2, 0.25) is 0 Å². The number of hydrogen-bond donors (Lipinski definition) is 4. The fraction of sp³-hybridized carbons (Fsp3) is 0.583. The Morgan fingerprint density at radius 2 is 1.71 bits per heavy atom. The number of H-pyrrole nitrogens is 1. The van der Waals surface area contributed by atoms with E-state index in [0.29, 0.717) is 6.42 Å². The van der Waals surface area contributed by atoms with Crippen LogP contribution >= 0.6 is 15.4 Å². The second-order valence-corrected chi connectivity index (χ2v) is 15.0. The molecule has 3 aliphatic heterocycles. The van der Waals surface area contributed by atoms with E-state index < -0.39 is 83.3 Å². The van der Waals surface area contributed by atoms with Crippen molar-refractivity contribution in [2.75, 3.05) is 38.0 Å². The first kappa shape index (κ1) is 33.1. The lowest BCUT2D eigenvalue weighted by Crippen LogP contribution is -2.35. The van der Waals surface area contributed by atoms with Crippen LogP contribution < -0.4 is 17.0 Å². The number of nitrogens with zero attached hydrogens (tertiary/aromatic N) is 7. The summed E-state index contributed by atoms with van der Waals surface area (Å²) in [6.45, 7) is 0.501. The number of fused-ring (bicyclic) bond motifs is 5. The van der Waals surface area contributed by atoms with Gasteiger partial charge >= 0.3 is 15.4 Å². The quantitative estimate of drug-likeness (QED) is 0.208. The fourth-order valence-electron chi connectivity index (χ4n) is 5.79. The van der Waals surface area contributed by atoms with Crippen LogP contribution in [0.3, 0.4) is 0 Å². The number of nitrogen functional groups attached to an aromatic ring is 2. The Labute approximate surface area is 269 Å². The van der Waals surface area contributed by atoms with Crippen LogP contribution in [0.15, 0.2) is 23.8 Å². The minimum atomic E-state index is -4.60. The Balaban J connectivity index is 1.25. The standard InChI is InChI=1S/C24H31FN10O11P2/c1-3-4-47(38)41-6-11-16(12(25)22(44-11)34-8-30-13-18(26)28-7-29-19(13)34)46-48(39,40-2)42-5-10-15(36)17(45-47)23(43-10)35-9-31-14-20(35)32-24(27)33-21(14)37/h7-12,15-17,22-23,36H,3-6H2,1-2H3,(H2,26,28,29)(H3,27,32,33,37)/t10?,11?,12?,15?,16?,17?,22?,23?,47-,48?/m1/s1. The number of hydrogen-bond acceptors (Lipinski definition) is 18. The predicted octanol–water partition coefficient (Wildman–Crippen LogP) is 0.793. The summed E-state index contributed by atoms with van der Waals surface area (Å²) in [5, 5.41) is 11.4. The van der Waals surface area contributed by atoms with Gasteiger partial charge in [0, 0.05) is 13.3 Å². The third-order valence-corrected chi connectivity index (χ3v) is 11.6. The molecule has 24 heteroatoms. The molecule has 3 fully saturated rings. The molecule has 260 valence electrons. The minimum Gasteiger partial charge on any atom is -0.387 e. The van der Waals surface area contributed by atoms with E-state index in [4.69, 9.17) is 43.6 Å². The van der Waals surface area contributed by atoms with Gasteiger partial charge in [0.2, 0.25) is 5.95 Å². The average Bonchev–Trinajstić information content (AvgIpc) is 3.81. The number of rotatable bonds is 5. The first-order valence-corrected chi connectivity index (χ1v) is 17.8. The zero-order valence-electron chi connectivity index (χ0n) is 25.3. The van der Waals surface area contributed by atoms with Crippen molar-refractivity contribution in [3.8, 4) is 0 Å². The maximum Gasteiger partial charge on any atom is 0.475 e. The second kappa shape index (κ2) is 12.5. The van der Waals surface area contributed by atoms with Crippen molar-refractivity contribution in [1.82, 2.24) is 39.0 Å². The number of ether oxygens (including phenoxy) is 2. The Morgan fingerprint density at radius 3 is 2.46 bits per heavy atom. The minimum absolute atomic E-state index is 0.0249. The van der Waals surface area contributed by atoms with Gasteiger partial charge in [-0.2, -0.15) is 4.98 Å². The molecule has 48 heavy (non-hydrogen) atoms. The number of phosphoric acid groups is 1. The van der Waals surface area contributed by atoms with Crippen LogP contribution in [0.1, 0.15) is 25.8 Å². The van der Waals surface area contributed by atoms with Gasteiger partial charge in [-0.25, -0.2) is 28.9 Å². The maximum atomic E-state index is 16.3. The van der Waals surface area contributed by atoms with Crippen LogP contribution in [0.4, 0.5) is 16.2 Å². The lowest BCUT2D eigenvalue weighted by molar-refractivity contribution is -0.0640. The topological polar surface area (TPSA) is 278 Å². The number of halogens is 1. The molecule has 0 spiro atoms. The molecule has 4 aromatic rings. The van der Waals surface area contributed by atoms with Gasteiger partial charge in [0.25, 0.3) is 5.56 Å². The number of nitrogens with one attached hydrogen (secondary N) is 1. The molecule has 4 aromatic heterocycles. The molecule has 6 N–H and O–H groups in total. The van der Waals surface area contributed by atoms with Crippen molar-refractivity contribution in [3.63, 3.8) is 0 Å². The number of aromatic nitrogens is 8. The summed E-state index contributed by atoms with van der Waals surface area (Å²) in [4.78, 5) is 35.1. The van der Waals surface area contributed by atoms with Gasteiger partial charge in [-0.05, 0) is 6.42 Å². The zero-order valence-corrected chi connectivity index (χ0v) is 27.1. The van der Waals surface area contributed by atoms with E-state index in [0.717, 1.165) is 7.11 Å². The van der Waals surface area contributed by atoms with E-state index in [9.17, 15) is 19.0 Å². The Bertz CT molecular complexity index is 1990. The molecule has 2 bridgehead atoms. The SMILES string of the molecule is CCC[P@@]1(=O)OCC2OC(n3cnc4c(N)ncnc43)C(F)C2OP(=O)(OC)OCC2OC(n3cnc4c(=O)[nH]c(N)nc43)C(O1)C2O. The zero-order chi connectivity index (χ0) is 34.0. The molecule has 10 atom stereocenters. The van der Waals surface area contributed by atoms with Crippen molar-refractivity contribution in [3.05, 3.63) is 29.3 Å². The molecule has 0 radical (unpaired) electrons. The third-order valence-electron chi connectivity index (χ3n) is 8.05. The highest BCUT2D eigenvalue weighted by atomic mass is 31.2. The molecule has 21 nitrogen and oxygen atoms in total. The molecule has 7 heterocycles. The van der Waals surface area contributed by atoms with Crippen LogP contribution in [0.5, 0.6) is 0 Å². The van der Waals surface area contributed by atoms with E-state index in [1.165, 1.54) is 28.1 Å². The molecule has 7 rings (SSSR count). The highest BCUT2D eigenvalue weighted by Gasteiger charge is 2.54. The van der Waals surface area contributed by atoms with Crippen molar-refractivity contribution in [1.29, 1.82) is 0 Å². The number of aromatic amines is 1. The molecule has 3 saturated heterocycles. The van der Waals surface area contributed by atoms with Crippen LogP contribution in [-0.4, -0.2) is 107 Å². The van der Waals surface area contributed by atoms with Crippen molar-refractivity contribution >= 4 is 49.5 Å². The summed E-state index contributed by atoms with van der Waals surface area (Å²) in [6.07, 6.45) is -8.36. The second-order valence-electron chi connectivity index (χ2n) is 11.1. The fourth-order valence-corrected chi connectivity index (χ4v) is 8.74. The average molecular weight is 717 g/mol. The summed E-state index contributed by atoms with van der Waals surface area (Å²) in [7, 11) is -7.74. The Kier molecular flexibility index (Phi) is 8.60. The molecule has 0 aliphatic carbocycles. The monoisotopic (exact) mass is 716 g/mol. The molecule has 0 aromatic carbocycles. The summed E-state index contributed by atoms with van der Waals surface area (Å²) < 4.78 is 87.0. The van der Waals surface area contributed by atoms with E-state index in [2.05, 4.69) is 29.9 Å². The van der Waals surface area contributed by atoms with Crippen LogP contribution in [0, 0.1) is 0 Å². The van der Waals surface area contributed by atoms with Gasteiger partial charge in [0.15, 0.2) is 41.3 Å². The van der Waals surface area contributed by atoms with Gasteiger partial charge in [-0.1, -0.05) is 6.92 Å². The number of anilines is 2. The summed E-state index contributed by atoms with van der Waals surface area (Å²) in [5.41, 5.74) is 11.2.